The fourth-order valence-electron chi connectivity index (χ4n) is 13.5. The Morgan fingerprint density at radius 2 is 0.803 bits per heavy atom. The van der Waals surface area contributed by atoms with E-state index in [4.69, 9.17) is 95.2 Å². The van der Waals surface area contributed by atoms with E-state index in [9.17, 15) is 43.8 Å². The lowest BCUT2D eigenvalue weighted by molar-refractivity contribution is -0.142. The van der Waals surface area contributed by atoms with Crippen LogP contribution in [0.15, 0.2) is 24.3 Å². The largest absolute Gasteiger partial charge is 0.508 e. The normalized spacial score (nSPS) is 20.9. The van der Waals surface area contributed by atoms with Crippen molar-refractivity contribution < 1.29 is 77.3 Å². The average Bonchev–Trinajstić information content (AvgIpc) is 1.64. The molecule has 2 fully saturated rings. The molecule has 740 valence electrons. The van der Waals surface area contributed by atoms with Crippen molar-refractivity contribution in [1.29, 1.82) is 37.9 Å². The zero-order chi connectivity index (χ0) is 98.4. The molecule has 0 radical (unpaired) electrons. The van der Waals surface area contributed by atoms with Gasteiger partial charge in [0, 0.05) is 70.3 Å². The minimum atomic E-state index is -1.89. The third-order valence-corrected chi connectivity index (χ3v) is 23.0. The number of phenolic OH excluding ortho intramolecular Hbond substituents is 1. The number of hydrogen-bond acceptors (Lipinski definition) is 27. The number of nitrogens with two attached hydrogens (primary N) is 10. The molecule has 0 aliphatic carbocycles. The van der Waals surface area contributed by atoms with Gasteiger partial charge in [-0.3, -0.25) is 100 Å². The second-order valence-corrected chi connectivity index (χ2v) is 34.0. The van der Waals surface area contributed by atoms with Crippen molar-refractivity contribution in [3.8, 4) is 5.75 Å². The fraction of sp³-hybridized carbons (Fsp3) is 0.649. The van der Waals surface area contributed by atoms with E-state index in [0.717, 1.165) is 21.6 Å². The summed E-state index contributed by atoms with van der Waals surface area (Å²) in [7, 11) is 1.46. The summed E-state index contributed by atoms with van der Waals surface area (Å²) in [5, 5.41) is 125. The van der Waals surface area contributed by atoms with E-state index in [1.165, 1.54) is 36.1 Å². The van der Waals surface area contributed by atoms with Crippen LogP contribution in [0.5, 0.6) is 5.75 Å². The molecule has 2 saturated heterocycles. The Labute approximate surface area is 772 Å². The Bertz CT molecular complexity index is 4030. The quantitative estimate of drug-likeness (QED) is 0.0125. The summed E-state index contributed by atoms with van der Waals surface area (Å²) < 4.78 is 0. The summed E-state index contributed by atoms with van der Waals surface area (Å²) in [6.45, 7) is 1.46. The molecule has 14 atom stereocenters. The number of phenols is 1. The molecule has 13 amide bonds. The molecule has 0 aromatic heterocycles. The number of aromatic hydroxyl groups is 1. The minimum Gasteiger partial charge on any atom is -0.508 e. The number of carboxylic acids is 1. The van der Waals surface area contributed by atoms with Crippen LogP contribution < -0.4 is 158 Å². The molecule has 48 N–H and O–H groups in total. The molecule has 0 spiro atoms. The Kier molecular flexibility index (Phi) is 53.5. The van der Waals surface area contributed by atoms with Gasteiger partial charge in [0.05, 0.1) is 6.04 Å². The van der Waals surface area contributed by atoms with Gasteiger partial charge in [0.2, 0.25) is 76.8 Å². The maximum absolute atomic E-state index is 15.7. The lowest BCUT2D eigenvalue weighted by Crippen LogP contribution is -2.61. The van der Waals surface area contributed by atoms with Crippen molar-refractivity contribution in [2.75, 3.05) is 77.0 Å². The van der Waals surface area contributed by atoms with Crippen LogP contribution >= 0.6 is 21.6 Å². The van der Waals surface area contributed by atoms with E-state index < -0.39 is 221 Å². The molecule has 2 heterocycles. The lowest BCUT2D eigenvalue weighted by atomic mass is 10.0. The zero-order valence-electron chi connectivity index (χ0n) is 74.3. The maximum atomic E-state index is 15.7. The third kappa shape index (κ3) is 46.0. The predicted molar refractivity (Wildman–Crippen MR) is 496 cm³/mol. The van der Waals surface area contributed by atoms with Gasteiger partial charge in [-0.15, -0.1) is 0 Å². The van der Waals surface area contributed by atoms with Gasteiger partial charge in [0.25, 0.3) is 0 Å². The topological polar surface area (TPSA) is 938 Å². The number of fused-ring (bicyclic) bond motifs is 1. The number of amides is 13. The highest BCUT2D eigenvalue weighted by Gasteiger charge is 2.42. The summed E-state index contributed by atoms with van der Waals surface area (Å²) in [6, 6.07) is -16.7. The average molecular weight is 1900 g/mol. The van der Waals surface area contributed by atoms with Gasteiger partial charge in [-0.05, 0) is 179 Å². The van der Waals surface area contributed by atoms with Crippen LogP contribution in [-0.2, 0) is 73.5 Å². The minimum absolute atomic E-state index is 0.00107. The van der Waals surface area contributed by atoms with Crippen LogP contribution in [0.2, 0.25) is 0 Å². The SMILES string of the molecule is C[C@@H]1NC(=O)[C@@H]2CCCN2C(=O)[C@@H](CCCCN)NC(=O)[C@H](CCCCN)NC(=O)[C@H](CCCNC(=N)N)NC(=O)[C@H](Cc2ccc(O)cc2)NC(=O)[C@@H](NC(=O)[C@H](CCCNC(=N)N)NC(=O)[C@H](CCCNC(=N)N)NC(=O)[C@@H](N)CCCNC(=N)N)CSSC[C@@H](C(=O)N[C@@H](CCCNC(=N)N)C(=O)O)NC(=O)[C@H](CCCNC(=N)N)NC(=O)[C@H](CCCNC(=N)N)NC1=O. The first kappa shape index (κ1) is 113. The van der Waals surface area contributed by atoms with Crippen molar-refractivity contribution in [2.45, 2.75) is 239 Å². The standard InChI is InChI=1S/C77H139N37O16S2/c1-41-57(116)103-46(17-7-31-96-72(83)84)59(118)106-49(20-10-34-99-75(89)90)63(122)112-54(66(125)110-52(70(129)130)22-12-36-101-77(93)94)39-131-132-40-55(113-64(123)50(21-11-35-100-76(91)92)107-60(119)47(18-8-32-97-73(85)86)104-58(117)44(80)14-6-30-95-71(81)82)67(126)111-53(38-42-24-26-43(115)27-25-42)65(124)108-48(19-9-33-98-74(87)88)61(120)105-45(15-2-4-28-78)62(121)109-51(16-3-5-29-79)69(128)114-37-13-23-56(114)68(127)102-41/h24-27,41,44-56,115H,2-23,28-40,78-80H2,1H3,(H,102,127)(H,103,116)(H,104,117)(H,105,120)(H,106,118)(H,107,119)(H,108,124)(H,109,121)(H,110,125)(H,111,126)(H,112,122)(H,113,123)(H,129,130)(H4,81,82,95)(H4,83,84,96)(H4,85,86,97)(H4,87,88,98)(H4,89,90,99)(H4,91,92,100)(H4,93,94,101)/t41-,44-,45-,46-,47-,48-,49-,50-,51+,52-,53-,54-,55-,56-/m0/s1. The van der Waals surface area contributed by atoms with E-state index in [1.807, 2.05) is 0 Å². The summed E-state index contributed by atoms with van der Waals surface area (Å²) in [4.78, 5) is 209. The monoisotopic (exact) mass is 1900 g/mol. The van der Waals surface area contributed by atoms with Gasteiger partial charge in [-0.1, -0.05) is 33.7 Å². The maximum Gasteiger partial charge on any atom is 0.326 e. The summed E-state index contributed by atoms with van der Waals surface area (Å²) in [5.74, 6) is -18.9. The number of hydrogen-bond donors (Lipinski definition) is 38. The first-order valence-electron chi connectivity index (χ1n) is 43.6. The number of rotatable bonds is 47. The van der Waals surface area contributed by atoms with Crippen molar-refractivity contribution in [2.24, 2.45) is 57.3 Å². The van der Waals surface area contributed by atoms with Gasteiger partial charge >= 0.3 is 5.97 Å². The molecule has 132 heavy (non-hydrogen) atoms. The molecule has 3 rings (SSSR count). The molecular formula is C77H139N37O16S2. The molecule has 2 aliphatic heterocycles. The Balaban J connectivity index is 2.56. The van der Waals surface area contributed by atoms with E-state index in [2.05, 4.69) is 101 Å². The molecule has 1 aromatic carbocycles. The highest BCUT2D eigenvalue weighted by molar-refractivity contribution is 8.76. The first-order valence-corrected chi connectivity index (χ1v) is 46.0. The zero-order valence-corrected chi connectivity index (χ0v) is 75.9. The van der Waals surface area contributed by atoms with E-state index in [-0.39, 0.29) is 211 Å². The Morgan fingerprint density at radius 1 is 0.432 bits per heavy atom. The third-order valence-electron chi connectivity index (χ3n) is 20.6. The lowest BCUT2D eigenvalue weighted by Gasteiger charge is -2.31. The second-order valence-electron chi connectivity index (χ2n) is 31.4. The van der Waals surface area contributed by atoms with Crippen LogP contribution in [0.25, 0.3) is 0 Å². The van der Waals surface area contributed by atoms with Crippen LogP contribution in [0.3, 0.4) is 0 Å². The number of benzene rings is 1. The van der Waals surface area contributed by atoms with E-state index in [1.54, 1.807) is 0 Å². The van der Waals surface area contributed by atoms with Gasteiger partial charge < -0.3 is 173 Å². The number of nitrogens with zero attached hydrogens (tertiary/aromatic N) is 1. The predicted octanol–water partition coefficient (Wildman–Crippen LogP) is -10.3. The number of carboxylic acid groups (broad SMARTS) is 1. The van der Waals surface area contributed by atoms with Gasteiger partial charge in [0.15, 0.2) is 41.7 Å². The molecular weight excluding hydrogens is 1760 g/mol. The van der Waals surface area contributed by atoms with Crippen molar-refractivity contribution in [3.63, 3.8) is 0 Å². The highest BCUT2D eigenvalue weighted by Crippen LogP contribution is 2.26. The van der Waals surface area contributed by atoms with Gasteiger partial charge in [0.1, 0.15) is 84.3 Å². The first-order chi connectivity index (χ1) is 62.6. The van der Waals surface area contributed by atoms with Gasteiger partial charge in [-0.2, -0.15) is 0 Å². The number of nitrogens with one attached hydrogen (secondary N) is 26. The van der Waals surface area contributed by atoms with E-state index >= 15 is 33.6 Å². The van der Waals surface area contributed by atoms with Crippen LogP contribution in [0.4, 0.5) is 0 Å². The number of aliphatic carboxylic acids is 1. The number of carbonyl (C=O) groups excluding carboxylic acids is 13. The summed E-state index contributed by atoms with van der Waals surface area (Å²) in [6.07, 6.45) is -0.457. The number of guanidine groups is 7. The molecule has 2 aliphatic rings. The second kappa shape index (κ2) is 62.4. The van der Waals surface area contributed by atoms with Gasteiger partial charge in [-0.25, -0.2) is 4.79 Å². The molecule has 0 saturated carbocycles. The molecule has 1 aromatic rings. The number of carbonyl (C=O) groups is 14. The number of unbranched alkanes of at least 4 members (excludes halogenated alkanes) is 2. The Hall–Kier alpha value is -12.9. The van der Waals surface area contributed by atoms with Crippen LogP contribution in [-0.4, -0.2) is 301 Å². The summed E-state index contributed by atoms with van der Waals surface area (Å²) in [5.41, 5.74) is 57.3. The van der Waals surface area contributed by atoms with Crippen LogP contribution in [0.1, 0.15) is 154 Å². The smallest absolute Gasteiger partial charge is 0.326 e. The molecule has 55 heteroatoms. The highest BCUT2D eigenvalue weighted by atomic mass is 33.1. The summed E-state index contributed by atoms with van der Waals surface area (Å²) >= 11 is 0. The molecule has 53 nitrogen and oxygen atoms in total. The fourth-order valence-corrected chi connectivity index (χ4v) is 15.9. The van der Waals surface area contributed by atoms with Crippen molar-refractivity contribution in [3.05, 3.63) is 29.8 Å². The van der Waals surface area contributed by atoms with Crippen LogP contribution in [0, 0.1) is 37.9 Å². The van der Waals surface area contributed by atoms with E-state index in [0.29, 0.717) is 12.8 Å². The molecule has 0 unspecified atom stereocenters. The molecule has 0 bridgehead atoms. The van der Waals surface area contributed by atoms with Crippen molar-refractivity contribution in [1.82, 2.24) is 106 Å². The van der Waals surface area contributed by atoms with Crippen molar-refractivity contribution >= 4 is 146 Å². The Morgan fingerprint density at radius 3 is 1.25 bits per heavy atom.